The molecule has 2 N–H and O–H groups in total. The number of hydrogen-bond donors (Lipinski definition) is 1. The Morgan fingerprint density at radius 2 is 2.27 bits per heavy atom. The summed E-state index contributed by atoms with van der Waals surface area (Å²) < 4.78 is 5.42. The first-order valence-electron chi connectivity index (χ1n) is 5.86. The monoisotopic (exact) mass is 212 g/mol. The average molecular weight is 212 g/mol. The summed E-state index contributed by atoms with van der Waals surface area (Å²) in [5.41, 5.74) is 5.87. The Bertz CT molecular complexity index is 239. The molecule has 4 nitrogen and oxygen atoms in total. The molecule has 3 atom stereocenters. The van der Waals surface area contributed by atoms with Crippen molar-refractivity contribution in [2.45, 2.75) is 50.8 Å². The van der Waals surface area contributed by atoms with E-state index in [9.17, 15) is 4.79 Å². The van der Waals surface area contributed by atoms with E-state index in [1.807, 2.05) is 4.90 Å². The summed E-state index contributed by atoms with van der Waals surface area (Å²) in [5.74, 6) is 0.173. The summed E-state index contributed by atoms with van der Waals surface area (Å²) in [6.45, 7) is 3.60. The van der Waals surface area contributed by atoms with E-state index in [4.69, 9.17) is 10.5 Å². The van der Waals surface area contributed by atoms with Gasteiger partial charge < -0.3 is 15.4 Å². The average Bonchev–Trinajstić information content (AvgIpc) is 2.69. The first-order chi connectivity index (χ1) is 7.18. The van der Waals surface area contributed by atoms with Gasteiger partial charge >= 0.3 is 0 Å². The summed E-state index contributed by atoms with van der Waals surface area (Å²) in [6.07, 6.45) is 3.55. The minimum absolute atomic E-state index is 0.173. The fourth-order valence-electron chi connectivity index (χ4n) is 2.49. The molecule has 2 heterocycles. The van der Waals surface area contributed by atoms with Gasteiger partial charge in [0.2, 0.25) is 0 Å². The number of amides is 1. The standard InChI is InChI=1S/C11H20N2O2/c1-8-7-9(12)4-5-13(8)11(14)10-3-2-6-15-10/h8-10H,2-7,12H2,1H3/t8?,9?,10-/m0/s1. The SMILES string of the molecule is CC1CC(N)CCN1C(=O)[C@@H]1CCCO1. The van der Waals surface area contributed by atoms with Gasteiger partial charge in [-0.05, 0) is 32.6 Å². The van der Waals surface area contributed by atoms with E-state index in [1.165, 1.54) is 0 Å². The number of ether oxygens (including phenoxy) is 1. The van der Waals surface area contributed by atoms with Crippen LogP contribution < -0.4 is 5.73 Å². The largest absolute Gasteiger partial charge is 0.368 e. The Morgan fingerprint density at radius 1 is 1.47 bits per heavy atom. The van der Waals surface area contributed by atoms with Gasteiger partial charge in [0.1, 0.15) is 6.10 Å². The summed E-state index contributed by atoms with van der Waals surface area (Å²) in [5, 5.41) is 0. The van der Waals surface area contributed by atoms with Crippen molar-refractivity contribution in [1.82, 2.24) is 4.90 Å². The molecule has 0 bridgehead atoms. The van der Waals surface area contributed by atoms with Crippen LogP contribution in [-0.2, 0) is 9.53 Å². The van der Waals surface area contributed by atoms with Crippen LogP contribution in [0.25, 0.3) is 0 Å². The molecule has 2 rings (SSSR count). The zero-order chi connectivity index (χ0) is 10.8. The van der Waals surface area contributed by atoms with Crippen molar-refractivity contribution in [2.75, 3.05) is 13.2 Å². The van der Waals surface area contributed by atoms with Crippen LogP contribution in [0.2, 0.25) is 0 Å². The molecule has 0 radical (unpaired) electrons. The molecule has 0 aromatic carbocycles. The molecule has 0 spiro atoms. The number of piperidine rings is 1. The molecule has 0 aromatic rings. The number of rotatable bonds is 1. The molecular weight excluding hydrogens is 192 g/mol. The smallest absolute Gasteiger partial charge is 0.251 e. The highest BCUT2D eigenvalue weighted by atomic mass is 16.5. The van der Waals surface area contributed by atoms with E-state index in [0.717, 1.165) is 38.8 Å². The Hall–Kier alpha value is -0.610. The number of nitrogens with zero attached hydrogens (tertiary/aromatic N) is 1. The van der Waals surface area contributed by atoms with Crippen molar-refractivity contribution in [3.8, 4) is 0 Å². The van der Waals surface area contributed by atoms with Gasteiger partial charge in [-0.25, -0.2) is 0 Å². The molecule has 4 heteroatoms. The van der Waals surface area contributed by atoms with Gasteiger partial charge in [-0.3, -0.25) is 4.79 Å². The summed E-state index contributed by atoms with van der Waals surface area (Å²) in [6, 6.07) is 0.527. The maximum atomic E-state index is 12.1. The van der Waals surface area contributed by atoms with Crippen molar-refractivity contribution < 1.29 is 9.53 Å². The lowest BCUT2D eigenvalue weighted by atomic mass is 9.98. The van der Waals surface area contributed by atoms with Crippen LogP contribution in [0.5, 0.6) is 0 Å². The van der Waals surface area contributed by atoms with Crippen LogP contribution in [0, 0.1) is 0 Å². The maximum Gasteiger partial charge on any atom is 0.251 e. The highest BCUT2D eigenvalue weighted by molar-refractivity contribution is 5.81. The fourth-order valence-corrected chi connectivity index (χ4v) is 2.49. The van der Waals surface area contributed by atoms with Gasteiger partial charge in [-0.2, -0.15) is 0 Å². The third kappa shape index (κ3) is 2.32. The molecule has 2 aliphatic rings. The van der Waals surface area contributed by atoms with E-state index in [0.29, 0.717) is 0 Å². The molecule has 0 aromatic heterocycles. The number of likely N-dealkylation sites (tertiary alicyclic amines) is 1. The van der Waals surface area contributed by atoms with Crippen LogP contribution in [0.1, 0.15) is 32.6 Å². The Labute approximate surface area is 90.8 Å². The zero-order valence-electron chi connectivity index (χ0n) is 9.32. The normalized spacial score (nSPS) is 36.9. The molecule has 0 saturated carbocycles. The summed E-state index contributed by atoms with van der Waals surface area (Å²) in [4.78, 5) is 14.0. The van der Waals surface area contributed by atoms with Crippen LogP contribution >= 0.6 is 0 Å². The molecule has 2 aliphatic heterocycles. The predicted octanol–water partition coefficient (Wildman–Crippen LogP) is 0.504. The third-order valence-corrected chi connectivity index (χ3v) is 3.40. The van der Waals surface area contributed by atoms with Crippen LogP contribution in [-0.4, -0.2) is 42.1 Å². The van der Waals surface area contributed by atoms with Gasteiger partial charge in [-0.15, -0.1) is 0 Å². The predicted molar refractivity (Wildman–Crippen MR) is 57.4 cm³/mol. The van der Waals surface area contributed by atoms with Gasteiger partial charge in [-0.1, -0.05) is 0 Å². The van der Waals surface area contributed by atoms with Crippen molar-refractivity contribution >= 4 is 5.91 Å². The molecule has 0 aliphatic carbocycles. The van der Waals surface area contributed by atoms with Gasteiger partial charge in [0.15, 0.2) is 0 Å². The quantitative estimate of drug-likeness (QED) is 0.688. The van der Waals surface area contributed by atoms with Crippen molar-refractivity contribution in [2.24, 2.45) is 5.73 Å². The Kier molecular flexibility index (Phi) is 3.26. The molecule has 2 fully saturated rings. The maximum absolute atomic E-state index is 12.1. The van der Waals surface area contributed by atoms with E-state index in [-0.39, 0.29) is 24.1 Å². The lowest BCUT2D eigenvalue weighted by Crippen LogP contribution is -2.51. The van der Waals surface area contributed by atoms with Crippen LogP contribution in [0.3, 0.4) is 0 Å². The molecule has 1 amide bonds. The van der Waals surface area contributed by atoms with Crippen molar-refractivity contribution in [1.29, 1.82) is 0 Å². The second-order valence-electron chi connectivity index (χ2n) is 4.67. The fraction of sp³-hybridized carbons (Fsp3) is 0.909. The highest BCUT2D eigenvalue weighted by Gasteiger charge is 2.33. The first-order valence-corrected chi connectivity index (χ1v) is 5.86. The van der Waals surface area contributed by atoms with E-state index >= 15 is 0 Å². The highest BCUT2D eigenvalue weighted by Crippen LogP contribution is 2.21. The van der Waals surface area contributed by atoms with Crippen molar-refractivity contribution in [3.63, 3.8) is 0 Å². The van der Waals surface area contributed by atoms with Crippen LogP contribution in [0.4, 0.5) is 0 Å². The van der Waals surface area contributed by atoms with Gasteiger partial charge in [0.05, 0.1) is 0 Å². The molecule has 2 unspecified atom stereocenters. The topological polar surface area (TPSA) is 55.6 Å². The zero-order valence-corrected chi connectivity index (χ0v) is 9.32. The molecule has 2 saturated heterocycles. The van der Waals surface area contributed by atoms with E-state index in [1.54, 1.807) is 0 Å². The lowest BCUT2D eigenvalue weighted by Gasteiger charge is -2.37. The number of carbonyl (C=O) groups is 1. The Balaban J connectivity index is 1.94. The first kappa shape index (κ1) is 10.9. The summed E-state index contributed by atoms with van der Waals surface area (Å²) >= 11 is 0. The van der Waals surface area contributed by atoms with Gasteiger partial charge in [0.25, 0.3) is 5.91 Å². The third-order valence-electron chi connectivity index (χ3n) is 3.40. The number of hydrogen-bond acceptors (Lipinski definition) is 3. The van der Waals surface area contributed by atoms with E-state index < -0.39 is 0 Å². The van der Waals surface area contributed by atoms with Crippen molar-refractivity contribution in [3.05, 3.63) is 0 Å². The minimum Gasteiger partial charge on any atom is -0.368 e. The molecule has 86 valence electrons. The van der Waals surface area contributed by atoms with Gasteiger partial charge in [0, 0.05) is 25.2 Å². The summed E-state index contributed by atoms with van der Waals surface area (Å²) in [7, 11) is 0. The lowest BCUT2D eigenvalue weighted by molar-refractivity contribution is -0.144. The second kappa shape index (κ2) is 4.49. The van der Waals surface area contributed by atoms with E-state index in [2.05, 4.69) is 6.92 Å². The second-order valence-corrected chi connectivity index (χ2v) is 4.67. The molecular formula is C11H20N2O2. The molecule has 15 heavy (non-hydrogen) atoms. The van der Waals surface area contributed by atoms with Crippen LogP contribution in [0.15, 0.2) is 0 Å². The number of nitrogens with two attached hydrogens (primary N) is 1. The Morgan fingerprint density at radius 3 is 2.87 bits per heavy atom. The number of carbonyl (C=O) groups excluding carboxylic acids is 1. The minimum atomic E-state index is -0.179.